The number of rotatable bonds is 5. The lowest BCUT2D eigenvalue weighted by Gasteiger charge is -2.01. The second-order valence-electron chi connectivity index (χ2n) is 2.57. The van der Waals surface area contributed by atoms with Crippen molar-refractivity contribution < 1.29 is 9.78 Å². The molecule has 66 valence electrons. The van der Waals surface area contributed by atoms with Crippen LogP contribution in [0, 0.1) is 0 Å². The van der Waals surface area contributed by atoms with Gasteiger partial charge in [0.1, 0.15) is 6.61 Å². The van der Waals surface area contributed by atoms with Crippen LogP contribution in [0.4, 0.5) is 0 Å². The van der Waals surface area contributed by atoms with E-state index < -0.39 is 0 Å². The van der Waals surface area contributed by atoms with E-state index in [1.54, 1.807) is 0 Å². The van der Waals surface area contributed by atoms with Gasteiger partial charge in [-0.2, -0.15) is 0 Å². The quantitative estimate of drug-likeness (QED) is 0.380. The molecule has 0 fully saturated rings. The summed E-state index contributed by atoms with van der Waals surface area (Å²) >= 11 is 0. The topological polar surface area (TPSA) is 18.5 Å². The first-order valence-corrected chi connectivity index (χ1v) is 4.22. The third-order valence-corrected chi connectivity index (χ3v) is 1.44. The van der Waals surface area contributed by atoms with Gasteiger partial charge in [0, 0.05) is 0 Å². The lowest BCUT2D eigenvalue weighted by molar-refractivity contribution is -0.303. The fourth-order valence-electron chi connectivity index (χ4n) is 0.826. The van der Waals surface area contributed by atoms with Crippen LogP contribution in [0.15, 0.2) is 30.3 Å². The molecule has 12 heavy (non-hydrogen) atoms. The Morgan fingerprint density at radius 3 is 2.50 bits per heavy atom. The molecule has 0 saturated carbocycles. The monoisotopic (exact) mass is 166 g/mol. The Kier molecular flexibility index (Phi) is 4.42. The van der Waals surface area contributed by atoms with Gasteiger partial charge < -0.3 is 0 Å². The van der Waals surface area contributed by atoms with Crippen LogP contribution in [0.3, 0.4) is 0 Å². The highest BCUT2D eigenvalue weighted by Crippen LogP contribution is 2.00. The molecule has 0 amide bonds. The summed E-state index contributed by atoms with van der Waals surface area (Å²) in [7, 11) is 0. The van der Waals surface area contributed by atoms with Crippen molar-refractivity contribution in [3.05, 3.63) is 35.9 Å². The average Bonchev–Trinajstić information content (AvgIpc) is 2.14. The maximum atomic E-state index is 4.96. The molecule has 0 radical (unpaired) electrons. The molecule has 1 aromatic rings. The van der Waals surface area contributed by atoms with Crippen LogP contribution < -0.4 is 0 Å². The van der Waals surface area contributed by atoms with Crippen LogP contribution in [-0.4, -0.2) is 6.61 Å². The summed E-state index contributed by atoms with van der Waals surface area (Å²) in [5, 5.41) is 0. The summed E-state index contributed by atoms with van der Waals surface area (Å²) in [6.07, 6.45) is 0.981. The van der Waals surface area contributed by atoms with Crippen molar-refractivity contribution in [2.75, 3.05) is 6.61 Å². The molecule has 0 atom stereocenters. The maximum absolute atomic E-state index is 4.96. The Morgan fingerprint density at radius 1 is 1.08 bits per heavy atom. The Labute approximate surface area is 73.0 Å². The average molecular weight is 166 g/mol. The van der Waals surface area contributed by atoms with E-state index in [1.165, 1.54) is 0 Å². The van der Waals surface area contributed by atoms with Crippen molar-refractivity contribution in [1.82, 2.24) is 0 Å². The normalized spacial score (nSPS) is 10.1. The number of benzene rings is 1. The minimum absolute atomic E-state index is 0.529. The molecule has 1 aromatic carbocycles. The molecule has 0 heterocycles. The zero-order valence-electron chi connectivity index (χ0n) is 7.32. The van der Waals surface area contributed by atoms with Crippen molar-refractivity contribution in [3.8, 4) is 0 Å². The fourth-order valence-corrected chi connectivity index (χ4v) is 0.826. The Morgan fingerprint density at radius 2 is 1.83 bits per heavy atom. The first-order chi connectivity index (χ1) is 5.93. The van der Waals surface area contributed by atoms with Crippen molar-refractivity contribution in [2.24, 2.45) is 0 Å². The smallest absolute Gasteiger partial charge is 0.107 e. The van der Waals surface area contributed by atoms with Crippen LogP contribution in [0.2, 0.25) is 0 Å². The highest BCUT2D eigenvalue weighted by atomic mass is 17.2. The third kappa shape index (κ3) is 3.51. The maximum Gasteiger partial charge on any atom is 0.107 e. The second-order valence-corrected chi connectivity index (χ2v) is 2.57. The molecule has 0 aromatic heterocycles. The van der Waals surface area contributed by atoms with Crippen molar-refractivity contribution in [3.63, 3.8) is 0 Å². The van der Waals surface area contributed by atoms with E-state index >= 15 is 0 Å². The second kappa shape index (κ2) is 5.75. The molecule has 0 bridgehead atoms. The first kappa shape index (κ1) is 9.23. The molecule has 0 aliphatic rings. The van der Waals surface area contributed by atoms with Gasteiger partial charge in [-0.3, -0.25) is 0 Å². The molecule has 0 spiro atoms. The Hall–Kier alpha value is -0.860. The SMILES string of the molecule is CCCOOCc1ccccc1. The van der Waals surface area contributed by atoms with E-state index in [2.05, 4.69) is 0 Å². The summed E-state index contributed by atoms with van der Waals surface area (Å²) in [5.41, 5.74) is 1.13. The predicted molar refractivity (Wildman–Crippen MR) is 47.5 cm³/mol. The molecule has 0 aliphatic carbocycles. The largest absolute Gasteiger partial charge is 0.236 e. The number of hydrogen-bond acceptors (Lipinski definition) is 2. The zero-order valence-corrected chi connectivity index (χ0v) is 7.32. The van der Waals surface area contributed by atoms with Gasteiger partial charge in [-0.25, -0.2) is 9.78 Å². The minimum atomic E-state index is 0.529. The van der Waals surface area contributed by atoms with Crippen LogP contribution in [-0.2, 0) is 16.4 Å². The summed E-state index contributed by atoms with van der Waals surface area (Å²) in [5.74, 6) is 0. The van der Waals surface area contributed by atoms with E-state index in [1.807, 2.05) is 37.3 Å². The van der Waals surface area contributed by atoms with Gasteiger partial charge in [0.15, 0.2) is 0 Å². The summed E-state index contributed by atoms with van der Waals surface area (Å²) < 4.78 is 0. The standard InChI is InChI=1S/C10H14O2/c1-2-8-11-12-9-10-6-4-3-5-7-10/h3-7H,2,8-9H2,1H3. The van der Waals surface area contributed by atoms with Gasteiger partial charge in [-0.05, 0) is 12.0 Å². The van der Waals surface area contributed by atoms with Gasteiger partial charge in [-0.1, -0.05) is 37.3 Å². The molecule has 0 saturated heterocycles. The van der Waals surface area contributed by atoms with Crippen LogP contribution >= 0.6 is 0 Å². The summed E-state index contributed by atoms with van der Waals surface area (Å²) in [6.45, 7) is 3.24. The van der Waals surface area contributed by atoms with Gasteiger partial charge in [0.2, 0.25) is 0 Å². The van der Waals surface area contributed by atoms with E-state index in [4.69, 9.17) is 9.78 Å². The van der Waals surface area contributed by atoms with E-state index in [-0.39, 0.29) is 0 Å². The lowest BCUT2D eigenvalue weighted by atomic mass is 10.2. The third-order valence-electron chi connectivity index (χ3n) is 1.44. The molecule has 2 nitrogen and oxygen atoms in total. The lowest BCUT2D eigenvalue weighted by Crippen LogP contribution is -1.95. The molecular weight excluding hydrogens is 152 g/mol. The molecule has 1 rings (SSSR count). The Bertz CT molecular complexity index is 196. The van der Waals surface area contributed by atoms with Gasteiger partial charge in [0.05, 0.1) is 6.61 Å². The van der Waals surface area contributed by atoms with Crippen molar-refractivity contribution in [2.45, 2.75) is 20.0 Å². The van der Waals surface area contributed by atoms with Crippen LogP contribution in [0.1, 0.15) is 18.9 Å². The van der Waals surface area contributed by atoms with E-state index in [0.717, 1.165) is 12.0 Å². The predicted octanol–water partition coefficient (Wildman–Crippen LogP) is 2.54. The van der Waals surface area contributed by atoms with Gasteiger partial charge in [0.25, 0.3) is 0 Å². The highest BCUT2D eigenvalue weighted by Gasteiger charge is 1.90. The highest BCUT2D eigenvalue weighted by molar-refractivity contribution is 5.13. The van der Waals surface area contributed by atoms with E-state index in [9.17, 15) is 0 Å². The first-order valence-electron chi connectivity index (χ1n) is 4.22. The van der Waals surface area contributed by atoms with Gasteiger partial charge in [-0.15, -0.1) is 0 Å². The molecule has 2 heteroatoms. The molecular formula is C10H14O2. The minimum Gasteiger partial charge on any atom is -0.236 e. The van der Waals surface area contributed by atoms with Gasteiger partial charge >= 0.3 is 0 Å². The van der Waals surface area contributed by atoms with Crippen molar-refractivity contribution in [1.29, 1.82) is 0 Å². The van der Waals surface area contributed by atoms with E-state index in [0.29, 0.717) is 13.2 Å². The zero-order chi connectivity index (χ0) is 8.65. The molecule has 0 N–H and O–H groups in total. The van der Waals surface area contributed by atoms with Crippen LogP contribution in [0.5, 0.6) is 0 Å². The van der Waals surface area contributed by atoms with Crippen molar-refractivity contribution >= 4 is 0 Å². The van der Waals surface area contributed by atoms with Crippen LogP contribution in [0.25, 0.3) is 0 Å². The molecule has 0 aliphatic heterocycles. The Balaban J connectivity index is 2.16. The summed E-state index contributed by atoms with van der Waals surface area (Å²) in [4.78, 5) is 9.85. The fraction of sp³-hybridized carbons (Fsp3) is 0.400. The summed E-state index contributed by atoms with van der Waals surface area (Å²) in [6, 6.07) is 9.97. The molecule has 0 unspecified atom stereocenters. The number of hydrogen-bond donors (Lipinski definition) is 0.